The highest BCUT2D eigenvalue weighted by atomic mass is 32.1. The molecule has 2 atom stereocenters. The third-order valence-electron chi connectivity index (χ3n) is 3.42. The van der Waals surface area contributed by atoms with E-state index in [-0.39, 0.29) is 0 Å². The number of carboxylic acids is 1. The number of fused-ring (bicyclic) bond motifs is 1. The number of benzene rings is 1. The second-order valence-electron chi connectivity index (χ2n) is 4.55. The Bertz CT molecular complexity index is 619. The number of para-hydroxylation sites is 1. The van der Waals surface area contributed by atoms with Crippen molar-refractivity contribution >= 4 is 45.3 Å². The molecule has 0 aliphatic heterocycles. The Morgan fingerprint density at radius 2 is 2.05 bits per heavy atom. The number of rotatable bonds is 4. The SMILES string of the molecule is CC(C(=O)O)C(C)(C(=O)S)c1nc2ccccc2s1. The van der Waals surface area contributed by atoms with Gasteiger partial charge in [-0.25, -0.2) is 4.98 Å². The molecule has 0 aliphatic rings. The molecule has 0 fully saturated rings. The standard InChI is InChI=1S/C13H13NO3S2/c1-7(10(15)16)13(2,12(17)18)11-14-8-5-3-4-6-9(8)19-11/h3-7H,1-2H3,(H,15,16)(H,17,18). The minimum absolute atomic E-state index is 0.485. The second-order valence-corrected chi connectivity index (χ2v) is 5.99. The molecule has 0 saturated heterocycles. The topological polar surface area (TPSA) is 67.3 Å². The van der Waals surface area contributed by atoms with Gasteiger partial charge in [0.15, 0.2) is 5.12 Å². The summed E-state index contributed by atoms with van der Waals surface area (Å²) in [6, 6.07) is 7.46. The summed E-state index contributed by atoms with van der Waals surface area (Å²) in [5, 5.41) is 9.20. The van der Waals surface area contributed by atoms with Crippen LogP contribution in [0.1, 0.15) is 18.9 Å². The van der Waals surface area contributed by atoms with Crippen LogP contribution in [-0.2, 0) is 15.0 Å². The first-order valence-corrected chi connectivity index (χ1v) is 6.96. The summed E-state index contributed by atoms with van der Waals surface area (Å²) in [5.41, 5.74) is -0.459. The number of hydrogen-bond acceptors (Lipinski definition) is 4. The molecule has 1 aromatic carbocycles. The average molecular weight is 295 g/mol. The van der Waals surface area contributed by atoms with Crippen molar-refractivity contribution in [2.75, 3.05) is 0 Å². The number of carbonyl (C=O) groups is 2. The van der Waals surface area contributed by atoms with E-state index < -0.39 is 22.4 Å². The third kappa shape index (κ3) is 2.26. The van der Waals surface area contributed by atoms with E-state index in [0.29, 0.717) is 5.01 Å². The average Bonchev–Trinajstić information content (AvgIpc) is 2.80. The van der Waals surface area contributed by atoms with Gasteiger partial charge in [0.25, 0.3) is 0 Å². The van der Waals surface area contributed by atoms with E-state index >= 15 is 0 Å². The Hall–Kier alpha value is -1.40. The minimum atomic E-state index is -1.22. The first-order valence-electron chi connectivity index (χ1n) is 5.69. The normalized spacial score (nSPS) is 15.9. The maximum absolute atomic E-state index is 11.9. The largest absolute Gasteiger partial charge is 0.481 e. The molecule has 19 heavy (non-hydrogen) atoms. The highest BCUT2D eigenvalue weighted by molar-refractivity contribution is 7.96. The predicted molar refractivity (Wildman–Crippen MR) is 77.8 cm³/mol. The Labute approximate surface area is 119 Å². The van der Waals surface area contributed by atoms with Crippen molar-refractivity contribution in [2.24, 2.45) is 5.92 Å². The Morgan fingerprint density at radius 3 is 2.58 bits per heavy atom. The van der Waals surface area contributed by atoms with Crippen LogP contribution >= 0.6 is 24.0 Å². The van der Waals surface area contributed by atoms with Gasteiger partial charge in [-0.15, -0.1) is 24.0 Å². The molecule has 1 aromatic heterocycles. The highest BCUT2D eigenvalue weighted by Gasteiger charge is 2.45. The molecule has 2 unspecified atom stereocenters. The van der Waals surface area contributed by atoms with Crippen LogP contribution in [0.15, 0.2) is 24.3 Å². The Morgan fingerprint density at radius 1 is 1.42 bits per heavy atom. The van der Waals surface area contributed by atoms with Crippen molar-refractivity contribution in [3.05, 3.63) is 29.3 Å². The lowest BCUT2D eigenvalue weighted by atomic mass is 9.79. The lowest BCUT2D eigenvalue weighted by Crippen LogP contribution is -2.40. The summed E-state index contributed by atoms with van der Waals surface area (Å²) in [6.07, 6.45) is 0. The van der Waals surface area contributed by atoms with E-state index in [1.165, 1.54) is 18.3 Å². The smallest absolute Gasteiger partial charge is 0.307 e. The van der Waals surface area contributed by atoms with E-state index in [9.17, 15) is 14.7 Å². The van der Waals surface area contributed by atoms with E-state index in [2.05, 4.69) is 17.6 Å². The fourth-order valence-electron chi connectivity index (χ4n) is 1.80. The molecule has 2 rings (SSSR count). The Balaban J connectivity index is 2.61. The lowest BCUT2D eigenvalue weighted by molar-refractivity contribution is -0.145. The molecule has 1 heterocycles. The molecule has 1 N–H and O–H groups in total. The molecule has 0 aliphatic carbocycles. The van der Waals surface area contributed by atoms with Crippen LogP contribution in [0, 0.1) is 5.92 Å². The van der Waals surface area contributed by atoms with Crippen LogP contribution in [0.25, 0.3) is 10.2 Å². The van der Waals surface area contributed by atoms with E-state index in [4.69, 9.17) is 0 Å². The van der Waals surface area contributed by atoms with Crippen LogP contribution in [0.2, 0.25) is 0 Å². The third-order valence-corrected chi connectivity index (χ3v) is 5.16. The first-order chi connectivity index (χ1) is 8.87. The monoisotopic (exact) mass is 295 g/mol. The van der Waals surface area contributed by atoms with Crippen molar-refractivity contribution in [2.45, 2.75) is 19.3 Å². The molecule has 100 valence electrons. The number of thiazole rings is 1. The fraction of sp³-hybridized carbons (Fsp3) is 0.308. The van der Waals surface area contributed by atoms with Crippen molar-refractivity contribution < 1.29 is 14.7 Å². The van der Waals surface area contributed by atoms with Crippen LogP contribution in [0.4, 0.5) is 0 Å². The number of aromatic nitrogens is 1. The molecule has 0 spiro atoms. The van der Waals surface area contributed by atoms with Crippen LogP contribution < -0.4 is 0 Å². The number of carboxylic acid groups (broad SMARTS) is 1. The van der Waals surface area contributed by atoms with Crippen molar-refractivity contribution in [1.82, 2.24) is 4.98 Å². The van der Waals surface area contributed by atoms with Crippen molar-refractivity contribution in [3.63, 3.8) is 0 Å². The highest BCUT2D eigenvalue weighted by Crippen LogP contribution is 2.38. The van der Waals surface area contributed by atoms with E-state index in [1.807, 2.05) is 24.3 Å². The summed E-state index contributed by atoms with van der Waals surface area (Å²) in [4.78, 5) is 27.5. The summed E-state index contributed by atoms with van der Waals surface area (Å²) >= 11 is 5.20. The van der Waals surface area contributed by atoms with E-state index in [1.54, 1.807) is 6.92 Å². The maximum Gasteiger partial charge on any atom is 0.307 e. The summed E-state index contributed by atoms with van der Waals surface area (Å²) in [6.45, 7) is 3.08. The predicted octanol–water partition coefficient (Wildman–Crippen LogP) is 2.73. The van der Waals surface area contributed by atoms with Crippen molar-refractivity contribution in [1.29, 1.82) is 0 Å². The molecule has 2 aromatic rings. The number of thiol groups is 1. The lowest BCUT2D eigenvalue weighted by Gasteiger charge is -2.27. The second kappa shape index (κ2) is 4.94. The Kier molecular flexibility index (Phi) is 3.64. The molecular weight excluding hydrogens is 282 g/mol. The summed E-state index contributed by atoms with van der Waals surface area (Å²) in [5.74, 6) is -1.93. The zero-order valence-corrected chi connectivity index (χ0v) is 12.2. The van der Waals surface area contributed by atoms with E-state index in [0.717, 1.165) is 10.2 Å². The molecule has 0 saturated carbocycles. The van der Waals surface area contributed by atoms with Crippen LogP contribution in [0.3, 0.4) is 0 Å². The zero-order chi connectivity index (χ0) is 14.2. The first kappa shape index (κ1) is 14.0. The molecule has 0 radical (unpaired) electrons. The molecule has 4 nitrogen and oxygen atoms in total. The molecule has 0 amide bonds. The summed E-state index contributed by atoms with van der Waals surface area (Å²) in [7, 11) is 0. The molecule has 0 bridgehead atoms. The number of nitrogens with zero attached hydrogens (tertiary/aromatic N) is 1. The number of carbonyl (C=O) groups excluding carboxylic acids is 1. The van der Waals surface area contributed by atoms with Gasteiger partial charge in [0.2, 0.25) is 0 Å². The summed E-state index contributed by atoms with van der Waals surface area (Å²) < 4.78 is 0.927. The van der Waals surface area contributed by atoms with Crippen LogP contribution in [-0.4, -0.2) is 21.2 Å². The van der Waals surface area contributed by atoms with Gasteiger partial charge in [-0.1, -0.05) is 19.1 Å². The van der Waals surface area contributed by atoms with Gasteiger partial charge < -0.3 is 5.11 Å². The van der Waals surface area contributed by atoms with Gasteiger partial charge in [0, 0.05) is 0 Å². The van der Waals surface area contributed by atoms with Gasteiger partial charge in [-0.3, -0.25) is 9.59 Å². The van der Waals surface area contributed by atoms with Gasteiger partial charge in [-0.05, 0) is 19.1 Å². The fourth-order valence-corrected chi connectivity index (χ4v) is 3.38. The number of aliphatic carboxylic acids is 1. The van der Waals surface area contributed by atoms with Crippen LogP contribution in [0.5, 0.6) is 0 Å². The molecule has 6 heteroatoms. The van der Waals surface area contributed by atoms with Gasteiger partial charge >= 0.3 is 5.97 Å². The van der Waals surface area contributed by atoms with Gasteiger partial charge in [-0.2, -0.15) is 0 Å². The zero-order valence-electron chi connectivity index (χ0n) is 10.5. The maximum atomic E-state index is 11.9. The molecular formula is C13H13NO3S2. The van der Waals surface area contributed by atoms with Gasteiger partial charge in [0.1, 0.15) is 10.4 Å². The quantitative estimate of drug-likeness (QED) is 0.851. The van der Waals surface area contributed by atoms with Crippen molar-refractivity contribution in [3.8, 4) is 0 Å². The van der Waals surface area contributed by atoms with Gasteiger partial charge in [0.05, 0.1) is 16.1 Å². The minimum Gasteiger partial charge on any atom is -0.481 e. The number of hydrogen-bond donors (Lipinski definition) is 2.